The van der Waals surface area contributed by atoms with Gasteiger partial charge in [-0.05, 0) is 48.9 Å². The van der Waals surface area contributed by atoms with Crippen LogP contribution in [-0.2, 0) is 14.8 Å². The highest BCUT2D eigenvalue weighted by molar-refractivity contribution is 7.89. The number of sulfonamides is 1. The van der Waals surface area contributed by atoms with Gasteiger partial charge in [-0.3, -0.25) is 10.2 Å². The lowest BCUT2D eigenvalue weighted by Gasteiger charge is -2.10. The van der Waals surface area contributed by atoms with Crippen LogP contribution >= 0.6 is 11.6 Å². The maximum Gasteiger partial charge on any atom is 0.272 e. The average molecular weight is 373 g/mol. The Kier molecular flexibility index (Phi) is 5.76. The molecule has 0 unspecified atom stereocenters. The van der Waals surface area contributed by atoms with E-state index < -0.39 is 28.4 Å². The fourth-order valence-electron chi connectivity index (χ4n) is 1.71. The third kappa shape index (κ3) is 4.92. The van der Waals surface area contributed by atoms with Crippen molar-refractivity contribution in [3.8, 4) is 5.75 Å². The van der Waals surface area contributed by atoms with Crippen LogP contribution < -0.4 is 15.0 Å². The van der Waals surface area contributed by atoms with Crippen LogP contribution in [-0.4, -0.2) is 20.9 Å². The Hall–Kier alpha value is -2.16. The molecule has 0 aliphatic heterocycles. The minimum Gasteiger partial charge on any atom is -0.484 e. The summed E-state index contributed by atoms with van der Waals surface area (Å²) in [7, 11) is -4.07. The van der Waals surface area contributed by atoms with Crippen LogP contribution in [0.15, 0.2) is 47.4 Å². The Morgan fingerprint density at radius 3 is 2.67 bits per heavy atom. The molecule has 128 valence electrons. The zero-order chi connectivity index (χ0) is 17.7. The highest BCUT2D eigenvalue weighted by atomic mass is 35.5. The first-order valence-electron chi connectivity index (χ1n) is 6.73. The number of hydrogen-bond donors (Lipinski definition) is 2. The van der Waals surface area contributed by atoms with Crippen molar-refractivity contribution >= 4 is 27.5 Å². The van der Waals surface area contributed by atoms with Gasteiger partial charge in [0.1, 0.15) is 11.6 Å². The molecule has 1 amide bonds. The van der Waals surface area contributed by atoms with Gasteiger partial charge in [0.25, 0.3) is 15.9 Å². The van der Waals surface area contributed by atoms with Gasteiger partial charge in [-0.25, -0.2) is 12.8 Å². The van der Waals surface area contributed by atoms with Gasteiger partial charge in [0.2, 0.25) is 0 Å². The van der Waals surface area contributed by atoms with E-state index in [1.165, 1.54) is 12.1 Å². The first-order chi connectivity index (χ1) is 11.3. The summed E-state index contributed by atoms with van der Waals surface area (Å²) in [5.74, 6) is -1.01. The van der Waals surface area contributed by atoms with E-state index in [9.17, 15) is 17.6 Å². The second-order valence-electron chi connectivity index (χ2n) is 4.81. The summed E-state index contributed by atoms with van der Waals surface area (Å²) in [6.07, 6.45) is 0. The Balaban J connectivity index is 1.89. The maximum atomic E-state index is 13.1. The minimum absolute atomic E-state index is 0.308. The number of hydrogen-bond acceptors (Lipinski definition) is 4. The highest BCUT2D eigenvalue weighted by Crippen LogP contribution is 2.20. The number of ether oxygens (including phenoxy) is 1. The van der Waals surface area contributed by atoms with Crippen LogP contribution in [0.3, 0.4) is 0 Å². The third-order valence-corrected chi connectivity index (χ3v) is 4.60. The number of amides is 1. The number of rotatable bonds is 6. The van der Waals surface area contributed by atoms with Crippen molar-refractivity contribution in [2.24, 2.45) is 0 Å². The molecule has 0 atom stereocenters. The molecule has 0 aliphatic rings. The molecule has 2 rings (SSSR count). The number of nitrogens with one attached hydrogen (secondary N) is 2. The van der Waals surface area contributed by atoms with Gasteiger partial charge in [0.15, 0.2) is 6.61 Å². The number of carbonyl (C=O) groups excluding carboxylic acids is 1. The molecule has 0 saturated heterocycles. The number of aryl methyl sites for hydroxylation is 1. The molecule has 0 bridgehead atoms. The lowest BCUT2D eigenvalue weighted by atomic mass is 10.2. The van der Waals surface area contributed by atoms with Crippen LogP contribution in [0.2, 0.25) is 5.02 Å². The number of hydrazine groups is 1. The Bertz CT molecular complexity index is 858. The minimum atomic E-state index is -4.07. The van der Waals surface area contributed by atoms with E-state index in [2.05, 4.69) is 0 Å². The van der Waals surface area contributed by atoms with Crippen molar-refractivity contribution in [3.63, 3.8) is 0 Å². The normalized spacial score (nSPS) is 11.1. The predicted octanol–water partition coefficient (Wildman–Crippen LogP) is 2.18. The monoisotopic (exact) mass is 372 g/mol. The number of benzene rings is 2. The summed E-state index contributed by atoms with van der Waals surface area (Å²) in [4.78, 5) is 13.2. The Morgan fingerprint density at radius 2 is 2.00 bits per heavy atom. The van der Waals surface area contributed by atoms with Crippen molar-refractivity contribution in [3.05, 3.63) is 58.9 Å². The quantitative estimate of drug-likeness (QED) is 0.761. The summed E-state index contributed by atoms with van der Waals surface area (Å²) in [6.45, 7) is 1.37. The van der Waals surface area contributed by atoms with Gasteiger partial charge < -0.3 is 4.74 Å². The molecule has 24 heavy (non-hydrogen) atoms. The van der Waals surface area contributed by atoms with Crippen molar-refractivity contribution < 1.29 is 22.3 Å². The molecule has 2 N–H and O–H groups in total. The average Bonchev–Trinajstić information content (AvgIpc) is 2.54. The summed E-state index contributed by atoms with van der Waals surface area (Å²) in [5, 5.41) is 0.564. The Morgan fingerprint density at radius 1 is 1.25 bits per heavy atom. The van der Waals surface area contributed by atoms with Crippen molar-refractivity contribution in [2.45, 2.75) is 11.8 Å². The molecule has 9 heteroatoms. The van der Waals surface area contributed by atoms with Crippen LogP contribution in [0.5, 0.6) is 5.75 Å². The van der Waals surface area contributed by atoms with Crippen molar-refractivity contribution in [1.29, 1.82) is 0 Å². The highest BCUT2D eigenvalue weighted by Gasteiger charge is 2.15. The second kappa shape index (κ2) is 7.61. The fourth-order valence-corrected chi connectivity index (χ4v) is 2.72. The van der Waals surface area contributed by atoms with E-state index in [0.29, 0.717) is 10.8 Å². The third-order valence-electron chi connectivity index (χ3n) is 2.93. The first kappa shape index (κ1) is 18.2. The molecule has 2 aromatic carbocycles. The molecule has 0 saturated carbocycles. The zero-order valence-corrected chi connectivity index (χ0v) is 14.1. The van der Waals surface area contributed by atoms with E-state index in [-0.39, 0.29) is 4.90 Å². The molecule has 0 aliphatic carbocycles. The van der Waals surface area contributed by atoms with Gasteiger partial charge >= 0.3 is 0 Å². The lowest BCUT2D eigenvalue weighted by Crippen LogP contribution is -2.43. The second-order valence-corrected chi connectivity index (χ2v) is 6.90. The van der Waals surface area contributed by atoms with Crippen LogP contribution in [0.1, 0.15) is 5.56 Å². The smallest absolute Gasteiger partial charge is 0.272 e. The summed E-state index contributed by atoms with van der Waals surface area (Å²) < 4.78 is 42.1. The molecule has 0 spiro atoms. The Labute approximate surface area is 143 Å². The van der Waals surface area contributed by atoms with Gasteiger partial charge in [0.05, 0.1) is 4.90 Å². The molecular formula is C15H14ClFN2O4S. The van der Waals surface area contributed by atoms with E-state index >= 15 is 0 Å². The van der Waals surface area contributed by atoms with E-state index in [0.717, 1.165) is 17.7 Å². The number of halogens is 2. The lowest BCUT2D eigenvalue weighted by molar-refractivity contribution is -0.123. The largest absolute Gasteiger partial charge is 0.484 e. The molecule has 6 nitrogen and oxygen atoms in total. The van der Waals surface area contributed by atoms with Crippen LogP contribution in [0.25, 0.3) is 0 Å². The van der Waals surface area contributed by atoms with Gasteiger partial charge in [0, 0.05) is 5.02 Å². The zero-order valence-electron chi connectivity index (χ0n) is 12.5. The van der Waals surface area contributed by atoms with E-state index in [1.54, 1.807) is 25.1 Å². The SMILES string of the molecule is Cc1cc(OCC(=O)NNS(=O)(=O)c2cccc(F)c2)ccc1Cl. The van der Waals surface area contributed by atoms with Gasteiger partial charge in [-0.15, -0.1) is 4.83 Å². The van der Waals surface area contributed by atoms with E-state index in [1.807, 2.05) is 10.3 Å². The van der Waals surface area contributed by atoms with E-state index in [4.69, 9.17) is 16.3 Å². The topological polar surface area (TPSA) is 84.5 Å². The fraction of sp³-hybridized carbons (Fsp3) is 0.133. The molecule has 2 aromatic rings. The van der Waals surface area contributed by atoms with Crippen molar-refractivity contribution in [1.82, 2.24) is 10.3 Å². The predicted molar refractivity (Wildman–Crippen MR) is 86.5 cm³/mol. The van der Waals surface area contributed by atoms with Crippen LogP contribution in [0, 0.1) is 12.7 Å². The summed E-state index contributed by atoms with van der Waals surface area (Å²) in [5.41, 5.74) is 2.77. The summed E-state index contributed by atoms with van der Waals surface area (Å²) in [6, 6.07) is 9.24. The standard InChI is InChI=1S/C15H14ClFN2O4S/c1-10-7-12(5-6-14(10)16)23-9-15(20)18-19-24(21,22)13-4-2-3-11(17)8-13/h2-8,19H,9H2,1H3,(H,18,20). The molecule has 0 fully saturated rings. The summed E-state index contributed by atoms with van der Waals surface area (Å²) >= 11 is 5.87. The number of carbonyl (C=O) groups is 1. The molecule has 0 heterocycles. The van der Waals surface area contributed by atoms with Gasteiger partial charge in [-0.1, -0.05) is 17.7 Å². The van der Waals surface area contributed by atoms with Crippen molar-refractivity contribution in [2.75, 3.05) is 6.61 Å². The maximum absolute atomic E-state index is 13.1. The van der Waals surface area contributed by atoms with Crippen LogP contribution in [0.4, 0.5) is 4.39 Å². The first-order valence-corrected chi connectivity index (χ1v) is 8.59. The molecule has 0 radical (unpaired) electrons. The molecular weight excluding hydrogens is 359 g/mol. The molecule has 0 aromatic heterocycles. The van der Waals surface area contributed by atoms with Gasteiger partial charge in [-0.2, -0.15) is 0 Å².